The van der Waals surface area contributed by atoms with Gasteiger partial charge in [0.15, 0.2) is 0 Å². The maximum atomic E-state index is 11.8. The molecular weight excluding hydrogens is 292 g/mol. The van der Waals surface area contributed by atoms with Crippen molar-refractivity contribution in [3.63, 3.8) is 0 Å². The summed E-state index contributed by atoms with van der Waals surface area (Å²) < 4.78 is 10.6. The third-order valence-electron chi connectivity index (χ3n) is 3.14. The van der Waals surface area contributed by atoms with Crippen LogP contribution in [0.15, 0.2) is 28.9 Å². The number of halogens is 1. The number of nitrogens with one attached hydrogen (secondary N) is 1. The highest BCUT2D eigenvalue weighted by Gasteiger charge is 2.11. The molecule has 1 amide bonds. The standard InChI is InChI=1S/C15H20N2O3.ClH/c1-10(16)5-6-17-15(18)7-11-9-20-14-8-12(19-2)3-4-13(11)14;/h3-4,8-10H,5-7,16H2,1-2H3,(H,17,18);1H. The summed E-state index contributed by atoms with van der Waals surface area (Å²) in [6.07, 6.45) is 2.70. The van der Waals surface area contributed by atoms with Gasteiger partial charge in [-0.2, -0.15) is 0 Å². The molecule has 0 radical (unpaired) electrons. The van der Waals surface area contributed by atoms with Crippen LogP contribution in [0, 0.1) is 0 Å². The Bertz CT molecular complexity index is 596. The van der Waals surface area contributed by atoms with Gasteiger partial charge >= 0.3 is 0 Å². The fourth-order valence-electron chi connectivity index (χ4n) is 2.00. The summed E-state index contributed by atoms with van der Waals surface area (Å²) in [6, 6.07) is 5.67. The number of methoxy groups -OCH3 is 1. The molecule has 0 saturated heterocycles. The van der Waals surface area contributed by atoms with Crippen molar-refractivity contribution < 1.29 is 13.9 Å². The zero-order valence-electron chi connectivity index (χ0n) is 12.2. The monoisotopic (exact) mass is 312 g/mol. The Morgan fingerprint density at radius 1 is 1.48 bits per heavy atom. The number of carbonyl (C=O) groups is 1. The molecule has 1 aromatic carbocycles. The van der Waals surface area contributed by atoms with E-state index in [2.05, 4.69) is 5.32 Å². The largest absolute Gasteiger partial charge is 0.497 e. The van der Waals surface area contributed by atoms with Crippen LogP contribution >= 0.6 is 12.4 Å². The zero-order valence-corrected chi connectivity index (χ0v) is 13.0. The molecule has 0 aliphatic carbocycles. The number of furan rings is 1. The van der Waals surface area contributed by atoms with Crippen molar-refractivity contribution in [2.24, 2.45) is 5.73 Å². The molecule has 0 spiro atoms. The second-order valence-corrected chi connectivity index (χ2v) is 4.92. The summed E-state index contributed by atoms with van der Waals surface area (Å²) >= 11 is 0. The Hall–Kier alpha value is -1.72. The van der Waals surface area contributed by atoms with Crippen molar-refractivity contribution in [3.05, 3.63) is 30.0 Å². The first-order valence-corrected chi connectivity index (χ1v) is 6.66. The Labute approximate surface area is 130 Å². The van der Waals surface area contributed by atoms with E-state index in [1.807, 2.05) is 25.1 Å². The van der Waals surface area contributed by atoms with E-state index in [0.717, 1.165) is 28.7 Å². The van der Waals surface area contributed by atoms with Crippen LogP contribution in [-0.4, -0.2) is 25.6 Å². The Kier molecular flexibility index (Phi) is 6.52. The Morgan fingerprint density at radius 3 is 2.90 bits per heavy atom. The number of rotatable bonds is 6. The van der Waals surface area contributed by atoms with Crippen molar-refractivity contribution in [3.8, 4) is 5.75 Å². The van der Waals surface area contributed by atoms with Crippen LogP contribution in [-0.2, 0) is 11.2 Å². The molecule has 2 rings (SSSR count). The van der Waals surface area contributed by atoms with Crippen LogP contribution in [0.5, 0.6) is 5.75 Å². The van der Waals surface area contributed by atoms with Gasteiger partial charge in [-0.3, -0.25) is 4.79 Å². The van der Waals surface area contributed by atoms with E-state index < -0.39 is 0 Å². The molecule has 3 N–H and O–H groups in total. The molecule has 0 saturated carbocycles. The molecular formula is C15H21ClN2O3. The number of hydrogen-bond donors (Lipinski definition) is 2. The van der Waals surface area contributed by atoms with Crippen LogP contribution in [0.2, 0.25) is 0 Å². The number of ether oxygens (including phenoxy) is 1. The van der Waals surface area contributed by atoms with Crippen molar-refractivity contribution in [2.45, 2.75) is 25.8 Å². The fraction of sp³-hybridized carbons (Fsp3) is 0.400. The first kappa shape index (κ1) is 17.3. The minimum atomic E-state index is -0.0239. The molecule has 0 bridgehead atoms. The van der Waals surface area contributed by atoms with Crippen LogP contribution in [0.4, 0.5) is 0 Å². The van der Waals surface area contributed by atoms with Gasteiger partial charge in [0.2, 0.25) is 5.91 Å². The lowest BCUT2D eigenvalue weighted by Crippen LogP contribution is -2.29. The fourth-order valence-corrected chi connectivity index (χ4v) is 2.00. The third kappa shape index (κ3) is 4.65. The van der Waals surface area contributed by atoms with Crippen LogP contribution < -0.4 is 15.8 Å². The summed E-state index contributed by atoms with van der Waals surface area (Å²) in [6.45, 7) is 2.52. The van der Waals surface area contributed by atoms with Gasteiger partial charge in [-0.15, -0.1) is 12.4 Å². The molecule has 21 heavy (non-hydrogen) atoms. The normalized spacial score (nSPS) is 11.8. The van der Waals surface area contributed by atoms with E-state index in [1.54, 1.807) is 13.4 Å². The summed E-state index contributed by atoms with van der Waals surface area (Å²) in [5, 5.41) is 3.79. The topological polar surface area (TPSA) is 77.5 Å². The lowest BCUT2D eigenvalue weighted by Gasteiger charge is -2.06. The van der Waals surface area contributed by atoms with E-state index in [4.69, 9.17) is 14.9 Å². The lowest BCUT2D eigenvalue weighted by molar-refractivity contribution is -0.120. The molecule has 1 aromatic heterocycles. The highest BCUT2D eigenvalue weighted by molar-refractivity contribution is 5.88. The van der Waals surface area contributed by atoms with Crippen molar-refractivity contribution in [1.82, 2.24) is 5.32 Å². The average molecular weight is 313 g/mol. The van der Waals surface area contributed by atoms with E-state index in [9.17, 15) is 4.79 Å². The van der Waals surface area contributed by atoms with Crippen molar-refractivity contribution in [2.75, 3.05) is 13.7 Å². The van der Waals surface area contributed by atoms with Gasteiger partial charge in [-0.05, 0) is 25.5 Å². The summed E-state index contributed by atoms with van der Waals surface area (Å²) in [4.78, 5) is 11.8. The van der Waals surface area contributed by atoms with Crippen LogP contribution in [0.25, 0.3) is 11.0 Å². The molecule has 2 aromatic rings. The predicted octanol–water partition coefficient (Wildman–Crippen LogP) is 2.26. The van der Waals surface area contributed by atoms with Crippen molar-refractivity contribution >= 4 is 29.3 Å². The molecule has 116 valence electrons. The number of amides is 1. The molecule has 1 atom stereocenters. The Morgan fingerprint density at radius 2 is 2.24 bits per heavy atom. The number of benzene rings is 1. The molecule has 1 heterocycles. The maximum absolute atomic E-state index is 11.8. The van der Waals surface area contributed by atoms with Crippen LogP contribution in [0.1, 0.15) is 18.9 Å². The Balaban J connectivity index is 0.00000220. The van der Waals surface area contributed by atoms with Crippen LogP contribution in [0.3, 0.4) is 0 Å². The first-order valence-electron chi connectivity index (χ1n) is 6.66. The first-order chi connectivity index (χ1) is 9.60. The number of carbonyl (C=O) groups excluding carboxylic acids is 1. The number of nitrogens with two attached hydrogens (primary N) is 1. The highest BCUT2D eigenvalue weighted by atomic mass is 35.5. The molecule has 1 unspecified atom stereocenters. The molecule has 0 aliphatic heterocycles. The maximum Gasteiger partial charge on any atom is 0.224 e. The second-order valence-electron chi connectivity index (χ2n) is 4.92. The van der Waals surface area contributed by atoms with Gasteiger partial charge in [-0.1, -0.05) is 0 Å². The average Bonchev–Trinajstić information content (AvgIpc) is 2.80. The SMILES string of the molecule is COc1ccc2c(CC(=O)NCCC(C)N)coc2c1.Cl. The van der Waals surface area contributed by atoms with E-state index in [-0.39, 0.29) is 24.4 Å². The number of hydrogen-bond acceptors (Lipinski definition) is 4. The zero-order chi connectivity index (χ0) is 14.5. The summed E-state index contributed by atoms with van der Waals surface area (Å²) in [5.41, 5.74) is 7.24. The predicted molar refractivity (Wildman–Crippen MR) is 85.0 cm³/mol. The molecule has 6 heteroatoms. The van der Waals surface area contributed by atoms with Gasteiger partial charge in [-0.25, -0.2) is 0 Å². The third-order valence-corrected chi connectivity index (χ3v) is 3.14. The van der Waals surface area contributed by atoms with E-state index in [0.29, 0.717) is 13.0 Å². The highest BCUT2D eigenvalue weighted by Crippen LogP contribution is 2.25. The second kappa shape index (κ2) is 7.90. The summed E-state index contributed by atoms with van der Waals surface area (Å²) in [5.74, 6) is 0.712. The van der Waals surface area contributed by atoms with Gasteiger partial charge in [0.25, 0.3) is 0 Å². The molecule has 0 fully saturated rings. The summed E-state index contributed by atoms with van der Waals surface area (Å²) in [7, 11) is 1.61. The van der Waals surface area contributed by atoms with E-state index in [1.165, 1.54) is 0 Å². The smallest absolute Gasteiger partial charge is 0.224 e. The molecule has 0 aliphatic rings. The van der Waals surface area contributed by atoms with Gasteiger partial charge < -0.3 is 20.2 Å². The lowest BCUT2D eigenvalue weighted by atomic mass is 10.1. The minimum Gasteiger partial charge on any atom is -0.497 e. The van der Waals surface area contributed by atoms with Gasteiger partial charge in [0.05, 0.1) is 19.8 Å². The quantitative estimate of drug-likeness (QED) is 0.857. The minimum absolute atomic E-state index is 0. The number of fused-ring (bicyclic) bond motifs is 1. The van der Waals surface area contributed by atoms with E-state index >= 15 is 0 Å². The van der Waals surface area contributed by atoms with Crippen molar-refractivity contribution in [1.29, 1.82) is 0 Å². The van der Waals surface area contributed by atoms with Gasteiger partial charge in [0, 0.05) is 29.6 Å². The molecule has 5 nitrogen and oxygen atoms in total. The van der Waals surface area contributed by atoms with Gasteiger partial charge in [0.1, 0.15) is 11.3 Å².